The van der Waals surface area contributed by atoms with Crippen molar-refractivity contribution in [3.05, 3.63) is 35.9 Å². The SMILES string of the molecule is CCC(CCc1c(OC)ccc2ccc(OC)cc12)C(=O)O. The van der Waals surface area contributed by atoms with Crippen LogP contribution < -0.4 is 9.47 Å². The molecule has 0 aliphatic rings. The molecule has 0 spiro atoms. The van der Waals surface area contributed by atoms with Gasteiger partial charge in [0, 0.05) is 5.56 Å². The average Bonchev–Trinajstić information content (AvgIpc) is 2.54. The molecule has 2 rings (SSSR count). The molecule has 1 unspecified atom stereocenters. The Hall–Kier alpha value is -2.23. The fraction of sp³-hybridized carbons (Fsp3) is 0.389. The summed E-state index contributed by atoms with van der Waals surface area (Å²) in [5.41, 5.74) is 1.04. The maximum absolute atomic E-state index is 11.2. The van der Waals surface area contributed by atoms with Gasteiger partial charge in [-0.25, -0.2) is 0 Å². The average molecular weight is 302 g/mol. The van der Waals surface area contributed by atoms with Gasteiger partial charge in [-0.15, -0.1) is 0 Å². The van der Waals surface area contributed by atoms with E-state index in [1.54, 1.807) is 14.2 Å². The molecule has 0 aliphatic heterocycles. The molecule has 4 heteroatoms. The summed E-state index contributed by atoms with van der Waals surface area (Å²) in [4.78, 5) is 11.2. The number of hydrogen-bond acceptors (Lipinski definition) is 3. The number of rotatable bonds is 7. The summed E-state index contributed by atoms with van der Waals surface area (Å²) in [6, 6.07) is 9.85. The van der Waals surface area contributed by atoms with Crippen molar-refractivity contribution in [3.8, 4) is 11.5 Å². The van der Waals surface area contributed by atoms with Gasteiger partial charge < -0.3 is 14.6 Å². The molecule has 0 saturated carbocycles. The minimum absolute atomic E-state index is 0.328. The van der Waals surface area contributed by atoms with Gasteiger partial charge in [0.2, 0.25) is 0 Å². The third kappa shape index (κ3) is 3.32. The van der Waals surface area contributed by atoms with Crippen LogP contribution in [0.1, 0.15) is 25.3 Å². The van der Waals surface area contributed by atoms with Crippen LogP contribution in [-0.2, 0) is 11.2 Å². The summed E-state index contributed by atoms with van der Waals surface area (Å²) < 4.78 is 10.8. The van der Waals surface area contributed by atoms with Gasteiger partial charge in [0.15, 0.2) is 0 Å². The zero-order valence-corrected chi connectivity index (χ0v) is 13.3. The van der Waals surface area contributed by atoms with Crippen LogP contribution in [0.25, 0.3) is 10.8 Å². The molecular formula is C18H22O4. The molecule has 118 valence electrons. The van der Waals surface area contributed by atoms with Crippen LogP contribution in [0.3, 0.4) is 0 Å². The first-order valence-electron chi connectivity index (χ1n) is 7.47. The minimum atomic E-state index is -0.737. The van der Waals surface area contributed by atoms with Crippen LogP contribution >= 0.6 is 0 Å². The largest absolute Gasteiger partial charge is 0.497 e. The lowest BCUT2D eigenvalue weighted by atomic mass is 9.93. The molecule has 2 aromatic rings. The number of aliphatic carboxylic acids is 1. The van der Waals surface area contributed by atoms with Gasteiger partial charge >= 0.3 is 5.97 Å². The highest BCUT2D eigenvalue weighted by Gasteiger charge is 2.17. The van der Waals surface area contributed by atoms with Crippen molar-refractivity contribution in [3.63, 3.8) is 0 Å². The highest BCUT2D eigenvalue weighted by Crippen LogP contribution is 2.32. The molecule has 0 radical (unpaired) electrons. The molecule has 0 aromatic heterocycles. The molecule has 0 bridgehead atoms. The monoisotopic (exact) mass is 302 g/mol. The normalized spacial score (nSPS) is 12.1. The van der Waals surface area contributed by atoms with E-state index >= 15 is 0 Å². The van der Waals surface area contributed by atoms with Gasteiger partial charge in [0.1, 0.15) is 11.5 Å². The second-order valence-corrected chi connectivity index (χ2v) is 5.32. The predicted octanol–water partition coefficient (Wildman–Crippen LogP) is 3.90. The third-order valence-electron chi connectivity index (χ3n) is 4.10. The molecule has 0 saturated heterocycles. The van der Waals surface area contributed by atoms with Crippen LogP contribution in [0.2, 0.25) is 0 Å². The smallest absolute Gasteiger partial charge is 0.306 e. The molecule has 1 N–H and O–H groups in total. The van der Waals surface area contributed by atoms with E-state index in [9.17, 15) is 9.90 Å². The van der Waals surface area contributed by atoms with Crippen LogP contribution in [0, 0.1) is 5.92 Å². The highest BCUT2D eigenvalue weighted by atomic mass is 16.5. The Bertz CT molecular complexity index is 658. The number of ether oxygens (including phenoxy) is 2. The Morgan fingerprint density at radius 3 is 2.50 bits per heavy atom. The van der Waals surface area contributed by atoms with Crippen LogP contribution in [0.15, 0.2) is 30.3 Å². The first-order chi connectivity index (χ1) is 10.6. The Morgan fingerprint density at radius 2 is 1.91 bits per heavy atom. The van der Waals surface area contributed by atoms with Crippen molar-refractivity contribution in [2.24, 2.45) is 5.92 Å². The maximum Gasteiger partial charge on any atom is 0.306 e. The second-order valence-electron chi connectivity index (χ2n) is 5.32. The van der Waals surface area contributed by atoms with Crippen molar-refractivity contribution in [1.82, 2.24) is 0 Å². The molecule has 0 aliphatic carbocycles. The van der Waals surface area contributed by atoms with E-state index in [0.717, 1.165) is 27.8 Å². The number of fused-ring (bicyclic) bond motifs is 1. The van der Waals surface area contributed by atoms with Crippen molar-refractivity contribution in [2.75, 3.05) is 14.2 Å². The summed E-state index contributed by atoms with van der Waals surface area (Å²) in [6.07, 6.45) is 1.89. The fourth-order valence-electron chi connectivity index (χ4n) is 2.74. The summed E-state index contributed by atoms with van der Waals surface area (Å²) in [7, 11) is 3.28. The number of hydrogen-bond donors (Lipinski definition) is 1. The van der Waals surface area contributed by atoms with Gasteiger partial charge in [-0.3, -0.25) is 4.79 Å². The van der Waals surface area contributed by atoms with Crippen LogP contribution in [0.5, 0.6) is 11.5 Å². The standard InChI is InChI=1S/C18H22O4/c1-4-12(18(19)20)6-9-15-16-11-14(21-2)8-5-13(16)7-10-17(15)22-3/h5,7-8,10-12H,4,6,9H2,1-3H3,(H,19,20). The van der Waals surface area contributed by atoms with Crippen molar-refractivity contribution >= 4 is 16.7 Å². The number of carboxylic acid groups (broad SMARTS) is 1. The van der Waals surface area contributed by atoms with Crippen LogP contribution in [-0.4, -0.2) is 25.3 Å². The van der Waals surface area contributed by atoms with Gasteiger partial charge in [0.25, 0.3) is 0 Å². The topological polar surface area (TPSA) is 55.8 Å². The summed E-state index contributed by atoms with van der Waals surface area (Å²) in [6.45, 7) is 1.90. The quantitative estimate of drug-likeness (QED) is 0.842. The summed E-state index contributed by atoms with van der Waals surface area (Å²) in [5.74, 6) is 0.512. The van der Waals surface area contributed by atoms with Gasteiger partial charge in [-0.2, -0.15) is 0 Å². The molecule has 0 amide bonds. The van der Waals surface area contributed by atoms with Crippen molar-refractivity contribution in [1.29, 1.82) is 0 Å². The minimum Gasteiger partial charge on any atom is -0.497 e. The number of carbonyl (C=O) groups is 1. The van der Waals surface area contributed by atoms with E-state index < -0.39 is 5.97 Å². The van der Waals surface area contributed by atoms with Crippen molar-refractivity contribution < 1.29 is 19.4 Å². The molecular weight excluding hydrogens is 280 g/mol. The second kappa shape index (κ2) is 7.16. The van der Waals surface area contributed by atoms with E-state index in [2.05, 4.69) is 0 Å². The van der Waals surface area contributed by atoms with E-state index in [1.807, 2.05) is 37.3 Å². The lowest BCUT2D eigenvalue weighted by Crippen LogP contribution is -2.13. The highest BCUT2D eigenvalue weighted by molar-refractivity contribution is 5.89. The summed E-state index contributed by atoms with van der Waals surface area (Å²) >= 11 is 0. The van der Waals surface area contributed by atoms with Gasteiger partial charge in [0.05, 0.1) is 20.1 Å². The van der Waals surface area contributed by atoms with E-state index in [1.165, 1.54) is 0 Å². The first kappa shape index (κ1) is 16.1. The predicted molar refractivity (Wildman–Crippen MR) is 86.8 cm³/mol. The lowest BCUT2D eigenvalue weighted by Gasteiger charge is -2.15. The number of benzene rings is 2. The van der Waals surface area contributed by atoms with Crippen LogP contribution in [0.4, 0.5) is 0 Å². The molecule has 2 aromatic carbocycles. The molecule has 0 fully saturated rings. The Labute approximate surface area is 130 Å². The molecule has 4 nitrogen and oxygen atoms in total. The Kier molecular flexibility index (Phi) is 5.26. The zero-order chi connectivity index (χ0) is 16.1. The number of aryl methyl sites for hydroxylation is 1. The number of methoxy groups -OCH3 is 2. The molecule has 1 atom stereocenters. The summed E-state index contributed by atoms with van der Waals surface area (Å²) in [5, 5.41) is 11.4. The maximum atomic E-state index is 11.2. The Balaban J connectivity index is 2.42. The van der Waals surface area contributed by atoms with E-state index in [0.29, 0.717) is 19.3 Å². The lowest BCUT2D eigenvalue weighted by molar-refractivity contribution is -0.142. The molecule has 0 heterocycles. The van der Waals surface area contributed by atoms with E-state index in [4.69, 9.17) is 9.47 Å². The Morgan fingerprint density at radius 1 is 1.18 bits per heavy atom. The number of carboxylic acids is 1. The van der Waals surface area contributed by atoms with Gasteiger partial charge in [-0.05, 0) is 48.2 Å². The van der Waals surface area contributed by atoms with E-state index in [-0.39, 0.29) is 5.92 Å². The third-order valence-corrected chi connectivity index (χ3v) is 4.10. The zero-order valence-electron chi connectivity index (χ0n) is 13.3. The first-order valence-corrected chi connectivity index (χ1v) is 7.47. The molecule has 22 heavy (non-hydrogen) atoms. The van der Waals surface area contributed by atoms with Crippen molar-refractivity contribution in [2.45, 2.75) is 26.2 Å². The fourth-order valence-corrected chi connectivity index (χ4v) is 2.74. The van der Waals surface area contributed by atoms with Gasteiger partial charge in [-0.1, -0.05) is 19.1 Å².